The minimum atomic E-state index is 0.643. The number of hydrogen-bond donors (Lipinski definition) is 1. The van der Waals surface area contributed by atoms with Crippen LogP contribution in [-0.4, -0.2) is 13.1 Å². The van der Waals surface area contributed by atoms with Gasteiger partial charge >= 0.3 is 0 Å². The molecular formula is C13H20BrN. The topological polar surface area (TPSA) is 12.0 Å². The van der Waals surface area contributed by atoms with Gasteiger partial charge in [-0.05, 0) is 43.0 Å². The van der Waals surface area contributed by atoms with E-state index in [4.69, 9.17) is 0 Å². The second-order valence-corrected chi connectivity index (χ2v) is 4.78. The van der Waals surface area contributed by atoms with Crippen LogP contribution in [0.5, 0.6) is 0 Å². The molecule has 0 saturated heterocycles. The van der Waals surface area contributed by atoms with Gasteiger partial charge in [0, 0.05) is 11.0 Å². The Kier molecular flexibility index (Phi) is 5.96. The Morgan fingerprint density at radius 3 is 2.40 bits per heavy atom. The summed E-state index contributed by atoms with van der Waals surface area (Å²) in [5, 5.41) is 3.49. The van der Waals surface area contributed by atoms with E-state index in [9.17, 15) is 0 Å². The fourth-order valence-corrected chi connectivity index (χ4v) is 1.95. The van der Waals surface area contributed by atoms with Crippen molar-refractivity contribution in [3.63, 3.8) is 0 Å². The van der Waals surface area contributed by atoms with Crippen LogP contribution in [0.1, 0.15) is 38.2 Å². The molecule has 0 aliphatic rings. The quantitative estimate of drug-likeness (QED) is 0.772. The number of hydrogen-bond acceptors (Lipinski definition) is 1. The van der Waals surface area contributed by atoms with Gasteiger partial charge in [-0.25, -0.2) is 0 Å². The van der Waals surface area contributed by atoms with E-state index >= 15 is 0 Å². The summed E-state index contributed by atoms with van der Waals surface area (Å²) < 4.78 is 1.16. The molecule has 1 unspecified atom stereocenters. The van der Waals surface area contributed by atoms with Crippen molar-refractivity contribution < 1.29 is 0 Å². The highest BCUT2D eigenvalue weighted by Crippen LogP contribution is 2.20. The Hall–Kier alpha value is -0.340. The molecule has 1 rings (SSSR count). The zero-order valence-electron chi connectivity index (χ0n) is 9.59. The summed E-state index contributed by atoms with van der Waals surface area (Å²) in [6.07, 6.45) is 2.40. The van der Waals surface area contributed by atoms with Gasteiger partial charge in [0.2, 0.25) is 0 Å². The maximum absolute atomic E-state index is 3.49. The van der Waals surface area contributed by atoms with Gasteiger partial charge in [-0.3, -0.25) is 0 Å². The van der Waals surface area contributed by atoms with Gasteiger partial charge in [-0.1, -0.05) is 41.9 Å². The van der Waals surface area contributed by atoms with E-state index in [1.165, 1.54) is 18.4 Å². The Morgan fingerprint density at radius 1 is 1.20 bits per heavy atom. The van der Waals surface area contributed by atoms with Crippen molar-refractivity contribution in [1.82, 2.24) is 5.32 Å². The molecule has 0 aliphatic heterocycles. The Morgan fingerprint density at radius 2 is 1.87 bits per heavy atom. The lowest BCUT2D eigenvalue weighted by Gasteiger charge is -2.16. The van der Waals surface area contributed by atoms with Crippen LogP contribution in [0.2, 0.25) is 0 Å². The average Bonchev–Trinajstić information content (AvgIpc) is 2.26. The predicted octanol–water partition coefficient (Wildman–Crippen LogP) is 3.94. The SMILES string of the molecule is CCCNCC(CC)c1ccc(Br)cc1. The number of halogens is 1. The molecule has 0 fully saturated rings. The van der Waals surface area contributed by atoms with E-state index in [0.717, 1.165) is 17.6 Å². The van der Waals surface area contributed by atoms with E-state index in [2.05, 4.69) is 59.4 Å². The molecule has 0 heterocycles. The number of nitrogens with one attached hydrogen (secondary N) is 1. The summed E-state index contributed by atoms with van der Waals surface area (Å²) in [5.74, 6) is 0.643. The van der Waals surface area contributed by atoms with E-state index in [0.29, 0.717) is 5.92 Å². The molecule has 0 radical (unpaired) electrons. The van der Waals surface area contributed by atoms with Crippen molar-refractivity contribution in [2.75, 3.05) is 13.1 Å². The third-order valence-corrected chi connectivity index (χ3v) is 3.18. The molecular weight excluding hydrogens is 250 g/mol. The van der Waals surface area contributed by atoms with Gasteiger partial charge in [0.05, 0.1) is 0 Å². The fraction of sp³-hybridized carbons (Fsp3) is 0.538. The van der Waals surface area contributed by atoms with Crippen molar-refractivity contribution in [3.8, 4) is 0 Å². The minimum Gasteiger partial charge on any atom is -0.316 e. The highest BCUT2D eigenvalue weighted by atomic mass is 79.9. The van der Waals surface area contributed by atoms with Crippen molar-refractivity contribution in [2.24, 2.45) is 0 Å². The molecule has 1 atom stereocenters. The zero-order valence-corrected chi connectivity index (χ0v) is 11.2. The standard InChI is InChI=1S/C13H20BrN/c1-3-9-15-10-11(4-2)12-5-7-13(14)8-6-12/h5-8,11,15H,3-4,9-10H2,1-2H3. The Balaban J connectivity index is 2.53. The molecule has 15 heavy (non-hydrogen) atoms. The van der Waals surface area contributed by atoms with Crippen LogP contribution in [0.15, 0.2) is 28.7 Å². The van der Waals surface area contributed by atoms with Crippen LogP contribution < -0.4 is 5.32 Å². The minimum absolute atomic E-state index is 0.643. The molecule has 0 spiro atoms. The molecule has 1 nitrogen and oxygen atoms in total. The van der Waals surface area contributed by atoms with Crippen molar-refractivity contribution in [2.45, 2.75) is 32.6 Å². The average molecular weight is 270 g/mol. The molecule has 1 aromatic rings. The Bertz CT molecular complexity index is 268. The fourth-order valence-electron chi connectivity index (χ4n) is 1.69. The number of rotatable bonds is 6. The summed E-state index contributed by atoms with van der Waals surface area (Å²) in [6.45, 7) is 6.66. The molecule has 0 aromatic heterocycles. The normalized spacial score (nSPS) is 12.7. The largest absolute Gasteiger partial charge is 0.316 e. The first kappa shape index (κ1) is 12.7. The molecule has 0 bridgehead atoms. The highest BCUT2D eigenvalue weighted by Gasteiger charge is 2.07. The van der Waals surface area contributed by atoms with E-state index < -0.39 is 0 Å². The summed E-state index contributed by atoms with van der Waals surface area (Å²) in [4.78, 5) is 0. The summed E-state index contributed by atoms with van der Waals surface area (Å²) in [7, 11) is 0. The molecule has 1 N–H and O–H groups in total. The number of benzene rings is 1. The lowest BCUT2D eigenvalue weighted by molar-refractivity contribution is 0.567. The van der Waals surface area contributed by atoms with Crippen LogP contribution in [0.3, 0.4) is 0 Å². The lowest BCUT2D eigenvalue weighted by atomic mass is 9.96. The van der Waals surface area contributed by atoms with Crippen molar-refractivity contribution in [3.05, 3.63) is 34.3 Å². The van der Waals surface area contributed by atoms with Crippen molar-refractivity contribution >= 4 is 15.9 Å². The van der Waals surface area contributed by atoms with Crippen LogP contribution in [0.25, 0.3) is 0 Å². The van der Waals surface area contributed by atoms with Gasteiger partial charge in [-0.15, -0.1) is 0 Å². The highest BCUT2D eigenvalue weighted by molar-refractivity contribution is 9.10. The summed E-state index contributed by atoms with van der Waals surface area (Å²) >= 11 is 3.46. The second-order valence-electron chi connectivity index (χ2n) is 3.86. The zero-order chi connectivity index (χ0) is 11.1. The van der Waals surface area contributed by atoms with Gasteiger partial charge in [0.15, 0.2) is 0 Å². The van der Waals surface area contributed by atoms with E-state index in [1.54, 1.807) is 0 Å². The lowest BCUT2D eigenvalue weighted by Crippen LogP contribution is -2.21. The third kappa shape index (κ3) is 4.35. The smallest absolute Gasteiger partial charge is 0.0175 e. The first-order valence-corrected chi connectivity index (χ1v) is 6.53. The van der Waals surface area contributed by atoms with Crippen LogP contribution in [0, 0.1) is 0 Å². The second kappa shape index (κ2) is 7.02. The molecule has 84 valence electrons. The molecule has 0 saturated carbocycles. The van der Waals surface area contributed by atoms with Gasteiger partial charge in [-0.2, -0.15) is 0 Å². The molecule has 1 aromatic carbocycles. The van der Waals surface area contributed by atoms with Crippen LogP contribution in [0.4, 0.5) is 0 Å². The van der Waals surface area contributed by atoms with Crippen LogP contribution in [-0.2, 0) is 0 Å². The van der Waals surface area contributed by atoms with E-state index in [-0.39, 0.29) is 0 Å². The first-order chi connectivity index (χ1) is 7.27. The van der Waals surface area contributed by atoms with Gasteiger partial charge in [0.25, 0.3) is 0 Å². The maximum atomic E-state index is 3.49. The molecule has 2 heteroatoms. The maximum Gasteiger partial charge on any atom is 0.0175 e. The molecule has 0 amide bonds. The monoisotopic (exact) mass is 269 g/mol. The van der Waals surface area contributed by atoms with Gasteiger partial charge in [0.1, 0.15) is 0 Å². The van der Waals surface area contributed by atoms with Gasteiger partial charge < -0.3 is 5.32 Å². The molecule has 0 aliphatic carbocycles. The van der Waals surface area contributed by atoms with Crippen LogP contribution >= 0.6 is 15.9 Å². The summed E-state index contributed by atoms with van der Waals surface area (Å²) in [6, 6.07) is 8.67. The predicted molar refractivity (Wildman–Crippen MR) is 70.3 cm³/mol. The third-order valence-electron chi connectivity index (χ3n) is 2.65. The first-order valence-electron chi connectivity index (χ1n) is 5.74. The Labute approximate surface area is 101 Å². The van der Waals surface area contributed by atoms with E-state index in [1.807, 2.05) is 0 Å². The summed E-state index contributed by atoms with van der Waals surface area (Å²) in [5.41, 5.74) is 1.43. The van der Waals surface area contributed by atoms with Crippen molar-refractivity contribution in [1.29, 1.82) is 0 Å².